The average Bonchev–Trinajstić information content (AvgIpc) is 2.47. The number of amides is 1. The lowest BCUT2D eigenvalue weighted by Gasteiger charge is -2.33. The lowest BCUT2D eigenvalue weighted by atomic mass is 10.1. The van der Waals surface area contributed by atoms with Crippen molar-refractivity contribution >= 4 is 5.91 Å². The zero-order valence-corrected chi connectivity index (χ0v) is 11.1. The molecule has 1 saturated heterocycles. The molecule has 0 unspecified atom stereocenters. The summed E-state index contributed by atoms with van der Waals surface area (Å²) in [6, 6.07) is 5.50. The molecule has 0 bridgehead atoms. The predicted molar refractivity (Wildman–Crippen MR) is 70.8 cm³/mol. The molecule has 0 radical (unpaired) electrons. The third-order valence-electron chi connectivity index (χ3n) is 3.59. The van der Waals surface area contributed by atoms with Crippen LogP contribution in [0.2, 0.25) is 0 Å². The highest BCUT2D eigenvalue weighted by atomic mass is 16.6. The molecule has 0 aliphatic carbocycles. The number of likely N-dealkylation sites (N-methyl/N-ethyl adjacent to an activating group) is 1. The molecule has 2 aliphatic heterocycles. The van der Waals surface area contributed by atoms with Gasteiger partial charge in [0, 0.05) is 26.2 Å². The van der Waals surface area contributed by atoms with Crippen LogP contribution in [0.25, 0.3) is 0 Å². The van der Waals surface area contributed by atoms with Gasteiger partial charge in [0.2, 0.25) is 0 Å². The molecule has 0 saturated carbocycles. The van der Waals surface area contributed by atoms with E-state index in [-0.39, 0.29) is 5.91 Å². The maximum absolute atomic E-state index is 12.6. The monoisotopic (exact) mass is 262 g/mol. The van der Waals surface area contributed by atoms with Gasteiger partial charge in [0.05, 0.1) is 5.56 Å². The zero-order valence-electron chi connectivity index (χ0n) is 11.1. The fourth-order valence-corrected chi connectivity index (χ4v) is 2.42. The van der Waals surface area contributed by atoms with E-state index in [4.69, 9.17) is 9.47 Å². The van der Waals surface area contributed by atoms with Crippen LogP contribution in [0, 0.1) is 0 Å². The van der Waals surface area contributed by atoms with Gasteiger partial charge in [0.1, 0.15) is 13.2 Å². The number of carbonyl (C=O) groups is 1. The number of fused-ring (bicyclic) bond motifs is 1. The maximum atomic E-state index is 12.6. The Balaban J connectivity index is 1.83. The molecule has 102 valence electrons. The summed E-state index contributed by atoms with van der Waals surface area (Å²) in [5, 5.41) is 0. The van der Waals surface area contributed by atoms with Crippen molar-refractivity contribution in [3.63, 3.8) is 0 Å². The highest BCUT2D eigenvalue weighted by Gasteiger charge is 2.26. The Labute approximate surface area is 112 Å². The first-order valence-corrected chi connectivity index (χ1v) is 6.62. The van der Waals surface area contributed by atoms with Gasteiger partial charge in [0.25, 0.3) is 5.91 Å². The van der Waals surface area contributed by atoms with Crippen LogP contribution in [-0.4, -0.2) is 62.1 Å². The minimum absolute atomic E-state index is 0.0375. The van der Waals surface area contributed by atoms with E-state index in [1.165, 1.54) is 0 Å². The maximum Gasteiger partial charge on any atom is 0.257 e. The second-order valence-corrected chi connectivity index (χ2v) is 4.93. The Morgan fingerprint density at radius 1 is 1.11 bits per heavy atom. The molecule has 0 aromatic heterocycles. The molecule has 1 aromatic rings. The summed E-state index contributed by atoms with van der Waals surface area (Å²) in [7, 11) is 2.07. The van der Waals surface area contributed by atoms with Crippen molar-refractivity contribution in [3.05, 3.63) is 23.8 Å². The number of ether oxygens (including phenoxy) is 2. The van der Waals surface area contributed by atoms with E-state index in [0.717, 1.165) is 26.2 Å². The van der Waals surface area contributed by atoms with Gasteiger partial charge >= 0.3 is 0 Å². The SMILES string of the molecule is CN1CCN(C(=O)c2cccc3c2OCCO3)CC1. The molecular formula is C14H18N2O3. The normalized spacial score (nSPS) is 19.3. The number of para-hydroxylation sites is 1. The van der Waals surface area contributed by atoms with E-state index in [2.05, 4.69) is 11.9 Å². The second-order valence-electron chi connectivity index (χ2n) is 4.93. The first-order chi connectivity index (χ1) is 9.25. The minimum Gasteiger partial charge on any atom is -0.486 e. The van der Waals surface area contributed by atoms with Crippen molar-refractivity contribution < 1.29 is 14.3 Å². The Morgan fingerprint density at radius 3 is 2.63 bits per heavy atom. The molecule has 5 heteroatoms. The van der Waals surface area contributed by atoms with E-state index in [1.807, 2.05) is 23.1 Å². The summed E-state index contributed by atoms with van der Waals surface area (Å²) in [6.45, 7) is 4.40. The Morgan fingerprint density at radius 2 is 1.84 bits per heavy atom. The Hall–Kier alpha value is -1.75. The predicted octanol–water partition coefficient (Wildman–Crippen LogP) is 0.845. The van der Waals surface area contributed by atoms with E-state index in [9.17, 15) is 4.79 Å². The molecule has 3 rings (SSSR count). The molecule has 0 N–H and O–H groups in total. The van der Waals surface area contributed by atoms with Crippen LogP contribution in [0.15, 0.2) is 18.2 Å². The Kier molecular flexibility index (Phi) is 3.29. The van der Waals surface area contributed by atoms with Crippen LogP contribution < -0.4 is 9.47 Å². The minimum atomic E-state index is 0.0375. The second kappa shape index (κ2) is 5.09. The van der Waals surface area contributed by atoms with E-state index < -0.39 is 0 Å². The molecular weight excluding hydrogens is 244 g/mol. The summed E-state index contributed by atoms with van der Waals surface area (Å²) < 4.78 is 11.1. The summed E-state index contributed by atoms with van der Waals surface area (Å²) >= 11 is 0. The van der Waals surface area contributed by atoms with Crippen LogP contribution in [-0.2, 0) is 0 Å². The molecule has 0 atom stereocenters. The molecule has 1 amide bonds. The molecule has 5 nitrogen and oxygen atoms in total. The first-order valence-electron chi connectivity index (χ1n) is 6.62. The van der Waals surface area contributed by atoms with Gasteiger partial charge in [-0.2, -0.15) is 0 Å². The van der Waals surface area contributed by atoms with Crippen LogP contribution in [0.3, 0.4) is 0 Å². The Bertz CT molecular complexity index is 482. The van der Waals surface area contributed by atoms with Crippen molar-refractivity contribution in [1.82, 2.24) is 9.80 Å². The molecule has 0 spiro atoms. The van der Waals surface area contributed by atoms with E-state index >= 15 is 0 Å². The lowest BCUT2D eigenvalue weighted by molar-refractivity contribution is 0.0654. The number of hydrogen-bond acceptors (Lipinski definition) is 4. The topological polar surface area (TPSA) is 42.0 Å². The highest BCUT2D eigenvalue weighted by Crippen LogP contribution is 2.34. The van der Waals surface area contributed by atoms with Crippen LogP contribution >= 0.6 is 0 Å². The summed E-state index contributed by atoms with van der Waals surface area (Å²) in [6.07, 6.45) is 0. The lowest BCUT2D eigenvalue weighted by Crippen LogP contribution is -2.47. The largest absolute Gasteiger partial charge is 0.486 e. The van der Waals surface area contributed by atoms with Crippen LogP contribution in [0.1, 0.15) is 10.4 Å². The van der Waals surface area contributed by atoms with Gasteiger partial charge in [0.15, 0.2) is 11.5 Å². The first kappa shape index (κ1) is 12.3. The van der Waals surface area contributed by atoms with Crippen molar-refractivity contribution in [1.29, 1.82) is 0 Å². The van der Waals surface area contributed by atoms with Crippen molar-refractivity contribution in [2.24, 2.45) is 0 Å². The molecule has 19 heavy (non-hydrogen) atoms. The van der Waals surface area contributed by atoms with Crippen LogP contribution in [0.5, 0.6) is 11.5 Å². The van der Waals surface area contributed by atoms with Gasteiger partial charge in [-0.15, -0.1) is 0 Å². The molecule has 2 heterocycles. The van der Waals surface area contributed by atoms with Crippen molar-refractivity contribution in [3.8, 4) is 11.5 Å². The summed E-state index contributed by atoms with van der Waals surface area (Å²) in [5.74, 6) is 1.30. The number of hydrogen-bond donors (Lipinski definition) is 0. The summed E-state index contributed by atoms with van der Waals surface area (Å²) in [5.41, 5.74) is 0.613. The van der Waals surface area contributed by atoms with Gasteiger partial charge in [-0.3, -0.25) is 4.79 Å². The number of carbonyl (C=O) groups excluding carboxylic acids is 1. The molecule has 2 aliphatic rings. The third kappa shape index (κ3) is 2.38. The van der Waals surface area contributed by atoms with Crippen LogP contribution in [0.4, 0.5) is 0 Å². The van der Waals surface area contributed by atoms with Gasteiger partial charge < -0.3 is 19.3 Å². The van der Waals surface area contributed by atoms with Gasteiger partial charge in [-0.05, 0) is 19.2 Å². The average molecular weight is 262 g/mol. The summed E-state index contributed by atoms with van der Waals surface area (Å²) in [4.78, 5) is 16.7. The molecule has 1 fully saturated rings. The van der Waals surface area contributed by atoms with E-state index in [1.54, 1.807) is 0 Å². The number of piperazine rings is 1. The fourth-order valence-electron chi connectivity index (χ4n) is 2.42. The highest BCUT2D eigenvalue weighted by molar-refractivity contribution is 5.98. The number of benzene rings is 1. The fraction of sp³-hybridized carbons (Fsp3) is 0.500. The molecule has 1 aromatic carbocycles. The number of nitrogens with zero attached hydrogens (tertiary/aromatic N) is 2. The van der Waals surface area contributed by atoms with Crippen molar-refractivity contribution in [2.75, 3.05) is 46.4 Å². The van der Waals surface area contributed by atoms with Crippen molar-refractivity contribution in [2.45, 2.75) is 0 Å². The zero-order chi connectivity index (χ0) is 13.2. The van der Waals surface area contributed by atoms with Gasteiger partial charge in [-0.1, -0.05) is 6.07 Å². The standard InChI is InChI=1S/C14H18N2O3/c1-15-5-7-16(8-6-15)14(17)11-3-2-4-12-13(11)19-10-9-18-12/h2-4H,5-10H2,1H3. The number of rotatable bonds is 1. The smallest absolute Gasteiger partial charge is 0.257 e. The van der Waals surface area contributed by atoms with Gasteiger partial charge in [-0.25, -0.2) is 0 Å². The third-order valence-corrected chi connectivity index (χ3v) is 3.59. The quantitative estimate of drug-likeness (QED) is 0.752. The van der Waals surface area contributed by atoms with E-state index in [0.29, 0.717) is 30.3 Å².